The first-order chi connectivity index (χ1) is 16.2. The standard InChI is InChI=1S/C26H26N4O3S/c1-18-13-14-20(15-19(18)2)25-23(17-30(28-25)22-10-5-4-6-11-22)26(31)27-16-21-9-7-8-12-24(21)29-34(3,32)33/h4-15,17,29H,16H2,1-3H3,(H,27,31). The minimum absolute atomic E-state index is 0.153. The number of hydrogen-bond acceptors (Lipinski definition) is 4. The summed E-state index contributed by atoms with van der Waals surface area (Å²) >= 11 is 0. The molecule has 8 heteroatoms. The van der Waals surface area contributed by atoms with Crippen LogP contribution in [0.2, 0.25) is 0 Å². The van der Waals surface area contributed by atoms with E-state index >= 15 is 0 Å². The number of carbonyl (C=O) groups excluding carboxylic acids is 1. The van der Waals surface area contributed by atoms with Crippen molar-refractivity contribution in [3.63, 3.8) is 0 Å². The van der Waals surface area contributed by atoms with Crippen molar-refractivity contribution in [1.82, 2.24) is 15.1 Å². The molecule has 0 radical (unpaired) electrons. The zero-order valence-electron chi connectivity index (χ0n) is 19.2. The first-order valence-electron chi connectivity index (χ1n) is 10.8. The zero-order chi connectivity index (χ0) is 24.3. The van der Waals surface area contributed by atoms with E-state index < -0.39 is 10.0 Å². The van der Waals surface area contributed by atoms with Gasteiger partial charge in [-0.25, -0.2) is 13.1 Å². The van der Waals surface area contributed by atoms with Crippen molar-refractivity contribution in [3.8, 4) is 16.9 Å². The highest BCUT2D eigenvalue weighted by Gasteiger charge is 2.19. The number of nitrogens with zero attached hydrogens (tertiary/aromatic N) is 2. The number of aryl methyl sites for hydroxylation is 2. The summed E-state index contributed by atoms with van der Waals surface area (Å²) in [5.74, 6) is -0.301. The Labute approximate surface area is 199 Å². The third-order valence-electron chi connectivity index (χ3n) is 5.51. The molecule has 0 saturated heterocycles. The number of sulfonamides is 1. The van der Waals surface area contributed by atoms with Gasteiger partial charge in [-0.05, 0) is 54.8 Å². The fourth-order valence-electron chi connectivity index (χ4n) is 3.60. The van der Waals surface area contributed by atoms with Crippen LogP contribution in [-0.2, 0) is 16.6 Å². The number of rotatable bonds is 7. The Bertz CT molecular complexity index is 1440. The van der Waals surface area contributed by atoms with E-state index in [-0.39, 0.29) is 12.5 Å². The summed E-state index contributed by atoms with van der Waals surface area (Å²) in [6.07, 6.45) is 2.81. The van der Waals surface area contributed by atoms with Crippen LogP contribution in [0.15, 0.2) is 79.0 Å². The fourth-order valence-corrected chi connectivity index (χ4v) is 4.20. The molecular formula is C26H26N4O3S. The van der Waals surface area contributed by atoms with Crippen LogP contribution in [0.1, 0.15) is 27.0 Å². The molecule has 1 aromatic heterocycles. The maximum atomic E-state index is 13.3. The lowest BCUT2D eigenvalue weighted by molar-refractivity contribution is 0.0951. The van der Waals surface area contributed by atoms with E-state index in [0.717, 1.165) is 28.6 Å². The predicted octanol–water partition coefficient (Wildman–Crippen LogP) is 4.46. The highest BCUT2D eigenvalue weighted by molar-refractivity contribution is 7.92. The molecular weight excluding hydrogens is 448 g/mol. The van der Waals surface area contributed by atoms with E-state index in [0.29, 0.717) is 22.5 Å². The van der Waals surface area contributed by atoms with Crippen molar-refractivity contribution in [2.75, 3.05) is 11.0 Å². The lowest BCUT2D eigenvalue weighted by atomic mass is 10.0. The van der Waals surface area contributed by atoms with E-state index in [1.165, 1.54) is 0 Å². The second-order valence-electron chi connectivity index (χ2n) is 8.18. The van der Waals surface area contributed by atoms with Crippen molar-refractivity contribution in [2.45, 2.75) is 20.4 Å². The van der Waals surface area contributed by atoms with Gasteiger partial charge in [0.15, 0.2) is 0 Å². The minimum Gasteiger partial charge on any atom is -0.348 e. The van der Waals surface area contributed by atoms with Gasteiger partial charge in [0.2, 0.25) is 10.0 Å². The van der Waals surface area contributed by atoms with E-state index in [1.54, 1.807) is 35.1 Å². The van der Waals surface area contributed by atoms with Crippen molar-refractivity contribution in [2.24, 2.45) is 0 Å². The first-order valence-corrected chi connectivity index (χ1v) is 12.7. The van der Waals surface area contributed by atoms with Crippen LogP contribution in [-0.4, -0.2) is 30.4 Å². The van der Waals surface area contributed by atoms with Gasteiger partial charge in [0.05, 0.1) is 23.2 Å². The van der Waals surface area contributed by atoms with E-state index in [2.05, 4.69) is 10.0 Å². The van der Waals surface area contributed by atoms with Crippen molar-refractivity contribution >= 4 is 21.6 Å². The number of carbonyl (C=O) groups is 1. The SMILES string of the molecule is Cc1ccc(-c2nn(-c3ccccc3)cc2C(=O)NCc2ccccc2NS(C)(=O)=O)cc1C. The highest BCUT2D eigenvalue weighted by Crippen LogP contribution is 2.26. The monoisotopic (exact) mass is 474 g/mol. The molecule has 0 aliphatic heterocycles. The summed E-state index contributed by atoms with van der Waals surface area (Å²) in [5, 5.41) is 7.64. The summed E-state index contributed by atoms with van der Waals surface area (Å²) in [5.41, 5.74) is 6.05. The highest BCUT2D eigenvalue weighted by atomic mass is 32.2. The van der Waals surface area contributed by atoms with Gasteiger partial charge in [0.1, 0.15) is 5.69 Å². The Kier molecular flexibility index (Phi) is 6.51. The summed E-state index contributed by atoms with van der Waals surface area (Å²) in [4.78, 5) is 13.3. The van der Waals surface area contributed by atoms with Gasteiger partial charge in [-0.2, -0.15) is 5.10 Å². The van der Waals surface area contributed by atoms with Gasteiger partial charge in [-0.1, -0.05) is 48.5 Å². The van der Waals surface area contributed by atoms with Crippen LogP contribution in [0.25, 0.3) is 16.9 Å². The molecule has 0 aliphatic carbocycles. The number of para-hydroxylation sites is 2. The first kappa shape index (κ1) is 23.3. The topological polar surface area (TPSA) is 93.1 Å². The third kappa shape index (κ3) is 5.35. The molecule has 0 unspecified atom stereocenters. The maximum absolute atomic E-state index is 13.3. The van der Waals surface area contributed by atoms with Crippen molar-refractivity contribution < 1.29 is 13.2 Å². The van der Waals surface area contributed by atoms with E-state index in [9.17, 15) is 13.2 Å². The summed E-state index contributed by atoms with van der Waals surface area (Å²) in [6.45, 7) is 4.22. The smallest absolute Gasteiger partial charge is 0.255 e. The molecule has 0 saturated carbocycles. The van der Waals surface area contributed by atoms with Crippen LogP contribution in [0.5, 0.6) is 0 Å². The molecule has 0 spiro atoms. The summed E-state index contributed by atoms with van der Waals surface area (Å²) < 4.78 is 27.6. The molecule has 0 aliphatic rings. The molecule has 174 valence electrons. The molecule has 0 fully saturated rings. The number of nitrogens with one attached hydrogen (secondary N) is 2. The zero-order valence-corrected chi connectivity index (χ0v) is 20.1. The number of benzene rings is 3. The molecule has 34 heavy (non-hydrogen) atoms. The quantitative estimate of drug-likeness (QED) is 0.414. The molecule has 0 atom stereocenters. The third-order valence-corrected chi connectivity index (χ3v) is 6.10. The molecule has 3 aromatic carbocycles. The second kappa shape index (κ2) is 9.52. The molecule has 4 rings (SSSR count). The average molecular weight is 475 g/mol. The Morgan fingerprint density at radius 3 is 2.35 bits per heavy atom. The summed E-state index contributed by atoms with van der Waals surface area (Å²) in [6, 6.07) is 22.6. The molecule has 4 aromatic rings. The lowest BCUT2D eigenvalue weighted by Crippen LogP contribution is -2.24. The van der Waals surface area contributed by atoms with Crippen molar-refractivity contribution in [1.29, 1.82) is 0 Å². The van der Waals surface area contributed by atoms with Gasteiger partial charge < -0.3 is 5.32 Å². The average Bonchev–Trinajstić information content (AvgIpc) is 3.25. The number of aromatic nitrogens is 2. The fraction of sp³-hybridized carbons (Fsp3) is 0.154. The Hall–Kier alpha value is -3.91. The molecule has 2 N–H and O–H groups in total. The number of anilines is 1. The van der Waals surface area contributed by atoms with Crippen LogP contribution in [0.4, 0.5) is 5.69 Å². The minimum atomic E-state index is -3.44. The van der Waals surface area contributed by atoms with E-state index in [1.807, 2.05) is 62.4 Å². The van der Waals surface area contributed by atoms with Crippen molar-refractivity contribution in [3.05, 3.63) is 101 Å². The second-order valence-corrected chi connectivity index (χ2v) is 9.93. The van der Waals surface area contributed by atoms with Gasteiger partial charge in [-0.3, -0.25) is 9.52 Å². The molecule has 7 nitrogen and oxygen atoms in total. The van der Waals surface area contributed by atoms with E-state index in [4.69, 9.17) is 5.10 Å². The molecule has 1 heterocycles. The summed E-state index contributed by atoms with van der Waals surface area (Å²) in [7, 11) is -3.44. The Morgan fingerprint density at radius 1 is 0.941 bits per heavy atom. The largest absolute Gasteiger partial charge is 0.348 e. The predicted molar refractivity (Wildman–Crippen MR) is 135 cm³/mol. The van der Waals surface area contributed by atoms with Crippen LogP contribution >= 0.6 is 0 Å². The molecule has 0 bridgehead atoms. The van der Waals surface area contributed by atoms with Gasteiger partial charge in [-0.15, -0.1) is 0 Å². The van der Waals surface area contributed by atoms with Gasteiger partial charge in [0, 0.05) is 18.3 Å². The maximum Gasteiger partial charge on any atom is 0.255 e. The van der Waals surface area contributed by atoms with Gasteiger partial charge in [0.25, 0.3) is 5.91 Å². The van der Waals surface area contributed by atoms with Crippen LogP contribution < -0.4 is 10.0 Å². The molecule has 1 amide bonds. The Balaban J connectivity index is 1.67. The van der Waals surface area contributed by atoms with Crippen LogP contribution in [0.3, 0.4) is 0 Å². The number of hydrogen-bond donors (Lipinski definition) is 2. The lowest BCUT2D eigenvalue weighted by Gasteiger charge is -2.12. The Morgan fingerprint density at radius 2 is 1.65 bits per heavy atom. The number of amides is 1. The van der Waals surface area contributed by atoms with Crippen LogP contribution in [0, 0.1) is 13.8 Å². The normalized spacial score (nSPS) is 11.3. The van der Waals surface area contributed by atoms with Gasteiger partial charge >= 0.3 is 0 Å².